The van der Waals surface area contributed by atoms with Gasteiger partial charge in [-0.2, -0.15) is 0 Å². The van der Waals surface area contributed by atoms with E-state index in [0.29, 0.717) is 6.54 Å². The predicted molar refractivity (Wildman–Crippen MR) is 62.1 cm³/mol. The Morgan fingerprint density at radius 2 is 1.93 bits per heavy atom. The van der Waals surface area contributed by atoms with E-state index in [0.717, 1.165) is 5.56 Å². The number of halogens is 1. The van der Waals surface area contributed by atoms with Gasteiger partial charge in [0.25, 0.3) is 0 Å². The summed E-state index contributed by atoms with van der Waals surface area (Å²) in [4.78, 5) is 0. The predicted octanol–water partition coefficient (Wildman–Crippen LogP) is 1.98. The second-order valence-electron chi connectivity index (χ2n) is 3.42. The maximum Gasteiger partial charge on any atom is 0.0914 e. The third-order valence-corrected chi connectivity index (χ3v) is 2.31. The summed E-state index contributed by atoms with van der Waals surface area (Å²) in [6, 6.07) is 6.06. The lowest BCUT2D eigenvalue weighted by Crippen LogP contribution is -2.16. The van der Waals surface area contributed by atoms with E-state index >= 15 is 0 Å². The van der Waals surface area contributed by atoms with E-state index in [1.165, 1.54) is 11.1 Å². The van der Waals surface area contributed by atoms with Crippen LogP contribution in [0.5, 0.6) is 0 Å². The van der Waals surface area contributed by atoms with Gasteiger partial charge < -0.3 is 10.4 Å². The molecule has 80 valence electrons. The number of aryl methyl sites for hydroxylation is 2. The Morgan fingerprint density at radius 1 is 1.29 bits per heavy atom. The second kappa shape index (κ2) is 6.02. The first-order chi connectivity index (χ1) is 6.15. The van der Waals surface area contributed by atoms with E-state index in [-0.39, 0.29) is 12.4 Å². The molecule has 0 amide bonds. The van der Waals surface area contributed by atoms with Crippen LogP contribution in [0.25, 0.3) is 0 Å². The van der Waals surface area contributed by atoms with Crippen molar-refractivity contribution < 1.29 is 5.11 Å². The van der Waals surface area contributed by atoms with Gasteiger partial charge in [-0.25, -0.2) is 0 Å². The number of aliphatic hydroxyl groups excluding tert-OH is 1. The van der Waals surface area contributed by atoms with Crippen LogP contribution in [0.2, 0.25) is 0 Å². The molecule has 1 aromatic rings. The van der Waals surface area contributed by atoms with E-state index in [2.05, 4.69) is 19.2 Å². The molecule has 0 heterocycles. The topological polar surface area (TPSA) is 32.3 Å². The summed E-state index contributed by atoms with van der Waals surface area (Å²) in [6.07, 6.45) is -0.399. The van der Waals surface area contributed by atoms with Gasteiger partial charge in [0.15, 0.2) is 0 Å². The van der Waals surface area contributed by atoms with E-state index in [9.17, 15) is 5.11 Å². The molecule has 0 aliphatic rings. The Bertz CT molecular complexity index is 289. The van der Waals surface area contributed by atoms with Crippen molar-refractivity contribution in [2.45, 2.75) is 20.0 Å². The van der Waals surface area contributed by atoms with Crippen molar-refractivity contribution >= 4 is 12.4 Å². The van der Waals surface area contributed by atoms with Crippen molar-refractivity contribution in [3.05, 3.63) is 34.9 Å². The summed E-state index contributed by atoms with van der Waals surface area (Å²) in [5, 5.41) is 12.6. The lowest BCUT2D eigenvalue weighted by molar-refractivity contribution is 0.177. The average molecular weight is 216 g/mol. The van der Waals surface area contributed by atoms with Gasteiger partial charge in [-0.1, -0.05) is 18.2 Å². The minimum absolute atomic E-state index is 0. The summed E-state index contributed by atoms with van der Waals surface area (Å²) in [7, 11) is 1.84. The molecule has 1 aromatic carbocycles. The largest absolute Gasteiger partial charge is 0.387 e. The third kappa shape index (κ3) is 3.29. The van der Waals surface area contributed by atoms with Crippen molar-refractivity contribution in [3.8, 4) is 0 Å². The van der Waals surface area contributed by atoms with Gasteiger partial charge in [0, 0.05) is 6.54 Å². The molecule has 0 radical (unpaired) electrons. The smallest absolute Gasteiger partial charge is 0.0914 e. The normalized spacial score (nSPS) is 12.0. The quantitative estimate of drug-likeness (QED) is 0.808. The molecule has 3 heteroatoms. The monoisotopic (exact) mass is 215 g/mol. The van der Waals surface area contributed by atoms with Gasteiger partial charge in [0.1, 0.15) is 0 Å². The highest BCUT2D eigenvalue weighted by molar-refractivity contribution is 5.85. The number of benzene rings is 1. The molecule has 0 saturated heterocycles. The minimum Gasteiger partial charge on any atom is -0.387 e. The van der Waals surface area contributed by atoms with Crippen LogP contribution in [0.15, 0.2) is 18.2 Å². The SMILES string of the molecule is CNCC(O)c1ccc(C)c(C)c1.Cl. The molecule has 0 fully saturated rings. The molecular formula is C11H18ClNO. The summed E-state index contributed by atoms with van der Waals surface area (Å²) in [5.74, 6) is 0. The Morgan fingerprint density at radius 3 is 2.43 bits per heavy atom. The number of nitrogens with one attached hydrogen (secondary N) is 1. The highest BCUT2D eigenvalue weighted by Crippen LogP contribution is 2.16. The van der Waals surface area contributed by atoms with Crippen LogP contribution in [-0.4, -0.2) is 18.7 Å². The Hall–Kier alpha value is -0.570. The summed E-state index contributed by atoms with van der Waals surface area (Å²) >= 11 is 0. The van der Waals surface area contributed by atoms with Gasteiger partial charge in [-0.3, -0.25) is 0 Å². The van der Waals surface area contributed by atoms with Gasteiger partial charge in [-0.05, 0) is 37.6 Å². The fraction of sp³-hybridized carbons (Fsp3) is 0.455. The molecule has 0 bridgehead atoms. The Kier molecular flexibility index (Phi) is 5.77. The van der Waals surface area contributed by atoms with Gasteiger partial charge in [-0.15, -0.1) is 12.4 Å². The van der Waals surface area contributed by atoms with Crippen molar-refractivity contribution in [1.82, 2.24) is 5.32 Å². The molecule has 0 saturated carbocycles. The standard InChI is InChI=1S/C11H17NO.ClH/c1-8-4-5-10(6-9(8)2)11(13)7-12-3;/h4-6,11-13H,7H2,1-3H3;1H. The van der Waals surface area contributed by atoms with Crippen LogP contribution in [0.1, 0.15) is 22.8 Å². The van der Waals surface area contributed by atoms with Crippen molar-refractivity contribution in [2.75, 3.05) is 13.6 Å². The summed E-state index contributed by atoms with van der Waals surface area (Å²) in [6.45, 7) is 4.73. The van der Waals surface area contributed by atoms with Crippen LogP contribution < -0.4 is 5.32 Å². The molecular weight excluding hydrogens is 198 g/mol. The van der Waals surface area contributed by atoms with Crippen molar-refractivity contribution in [3.63, 3.8) is 0 Å². The average Bonchev–Trinajstić information content (AvgIpc) is 2.10. The van der Waals surface area contributed by atoms with Gasteiger partial charge >= 0.3 is 0 Å². The minimum atomic E-state index is -0.399. The zero-order valence-electron chi connectivity index (χ0n) is 8.87. The number of hydrogen-bond donors (Lipinski definition) is 2. The third-order valence-electron chi connectivity index (χ3n) is 2.31. The van der Waals surface area contributed by atoms with Crippen LogP contribution in [0, 0.1) is 13.8 Å². The lowest BCUT2D eigenvalue weighted by atomic mass is 10.0. The summed E-state index contributed by atoms with van der Waals surface area (Å²) < 4.78 is 0. The highest BCUT2D eigenvalue weighted by Gasteiger charge is 2.06. The van der Waals surface area contributed by atoms with Crippen molar-refractivity contribution in [1.29, 1.82) is 0 Å². The molecule has 0 spiro atoms. The molecule has 14 heavy (non-hydrogen) atoms. The fourth-order valence-electron chi connectivity index (χ4n) is 1.28. The number of likely N-dealkylation sites (N-methyl/N-ethyl adjacent to an activating group) is 1. The van der Waals surface area contributed by atoms with Crippen LogP contribution in [0.3, 0.4) is 0 Å². The van der Waals surface area contributed by atoms with Crippen LogP contribution >= 0.6 is 12.4 Å². The van der Waals surface area contributed by atoms with Crippen LogP contribution in [-0.2, 0) is 0 Å². The first kappa shape index (κ1) is 13.4. The molecule has 1 unspecified atom stereocenters. The van der Waals surface area contributed by atoms with Gasteiger partial charge in [0.05, 0.1) is 6.10 Å². The van der Waals surface area contributed by atoms with E-state index in [1.807, 2.05) is 25.2 Å². The van der Waals surface area contributed by atoms with E-state index in [4.69, 9.17) is 0 Å². The zero-order chi connectivity index (χ0) is 9.84. The van der Waals surface area contributed by atoms with E-state index in [1.54, 1.807) is 0 Å². The molecule has 1 atom stereocenters. The van der Waals surface area contributed by atoms with Crippen LogP contribution in [0.4, 0.5) is 0 Å². The summed E-state index contributed by atoms with van der Waals surface area (Å²) in [5.41, 5.74) is 3.48. The zero-order valence-corrected chi connectivity index (χ0v) is 9.69. The molecule has 0 aliphatic carbocycles. The lowest BCUT2D eigenvalue weighted by Gasteiger charge is -2.11. The fourth-order valence-corrected chi connectivity index (χ4v) is 1.28. The number of aliphatic hydroxyl groups is 1. The maximum absolute atomic E-state index is 9.67. The Labute approximate surface area is 91.8 Å². The second-order valence-corrected chi connectivity index (χ2v) is 3.42. The number of rotatable bonds is 3. The maximum atomic E-state index is 9.67. The highest BCUT2D eigenvalue weighted by atomic mass is 35.5. The molecule has 0 aromatic heterocycles. The number of hydrogen-bond acceptors (Lipinski definition) is 2. The molecule has 2 nitrogen and oxygen atoms in total. The first-order valence-corrected chi connectivity index (χ1v) is 4.55. The van der Waals surface area contributed by atoms with Crippen molar-refractivity contribution in [2.24, 2.45) is 0 Å². The molecule has 1 rings (SSSR count). The Balaban J connectivity index is 0.00000169. The first-order valence-electron chi connectivity index (χ1n) is 4.55. The molecule has 2 N–H and O–H groups in total. The van der Waals surface area contributed by atoms with E-state index < -0.39 is 6.10 Å². The van der Waals surface area contributed by atoms with Gasteiger partial charge in [0.2, 0.25) is 0 Å². The molecule has 0 aliphatic heterocycles.